The normalized spacial score (nSPS) is 11.6. The third-order valence-corrected chi connectivity index (χ3v) is 5.24. The van der Waals surface area contributed by atoms with Crippen LogP contribution in [0.3, 0.4) is 0 Å². The van der Waals surface area contributed by atoms with Crippen LogP contribution < -0.4 is 11.1 Å². The second-order valence-corrected chi connectivity index (χ2v) is 7.77. The number of aromatic amines is 1. The molecule has 0 bridgehead atoms. The summed E-state index contributed by atoms with van der Waals surface area (Å²) in [6.45, 7) is 4.29. The number of nitrogens with one attached hydrogen (secondary N) is 2. The summed E-state index contributed by atoms with van der Waals surface area (Å²) in [4.78, 5) is 30.5. The molecule has 2 N–H and O–H groups in total. The topological polar surface area (TPSA) is 88.0 Å². The van der Waals surface area contributed by atoms with Crippen molar-refractivity contribution in [2.75, 3.05) is 5.32 Å². The van der Waals surface area contributed by atoms with Crippen molar-refractivity contribution >= 4 is 39.6 Å². The third-order valence-electron chi connectivity index (χ3n) is 4.48. The van der Waals surface area contributed by atoms with Gasteiger partial charge in [0.15, 0.2) is 10.7 Å². The van der Waals surface area contributed by atoms with Gasteiger partial charge in [-0.15, -0.1) is 11.3 Å². The number of anilines is 1. The highest BCUT2D eigenvalue weighted by atomic mass is 32.1. The first-order valence-corrected chi connectivity index (χ1v) is 10.0. The molecule has 0 saturated carbocycles. The van der Waals surface area contributed by atoms with E-state index >= 15 is 0 Å². The fourth-order valence-corrected chi connectivity index (χ4v) is 3.60. The Morgan fingerprint density at radius 1 is 1.21 bits per heavy atom. The highest BCUT2D eigenvalue weighted by molar-refractivity contribution is 7.14. The Morgan fingerprint density at radius 2 is 2.00 bits per heavy atom. The summed E-state index contributed by atoms with van der Waals surface area (Å²) < 4.78 is 5.08. The molecule has 0 aliphatic heterocycles. The summed E-state index contributed by atoms with van der Waals surface area (Å²) in [7, 11) is 0. The van der Waals surface area contributed by atoms with Crippen molar-refractivity contribution in [3.05, 3.63) is 75.6 Å². The number of H-pyrrole nitrogens is 1. The van der Waals surface area contributed by atoms with E-state index in [-0.39, 0.29) is 5.91 Å². The maximum Gasteiger partial charge on any atom is 0.417 e. The lowest BCUT2D eigenvalue weighted by Gasteiger charge is -2.04. The van der Waals surface area contributed by atoms with E-state index in [4.69, 9.17) is 4.42 Å². The highest BCUT2D eigenvalue weighted by Crippen LogP contribution is 2.27. The first kappa shape index (κ1) is 18.9. The summed E-state index contributed by atoms with van der Waals surface area (Å²) in [5.41, 5.74) is 4.83. The molecule has 29 heavy (non-hydrogen) atoms. The minimum Gasteiger partial charge on any atom is -0.408 e. The zero-order valence-corrected chi connectivity index (χ0v) is 16.7. The summed E-state index contributed by atoms with van der Waals surface area (Å²) >= 11 is 1.33. The van der Waals surface area contributed by atoms with Gasteiger partial charge in [-0.3, -0.25) is 15.1 Å². The third kappa shape index (κ3) is 4.35. The van der Waals surface area contributed by atoms with E-state index in [1.807, 2.05) is 23.6 Å². The van der Waals surface area contributed by atoms with Gasteiger partial charge in [-0.2, -0.15) is 0 Å². The zero-order valence-electron chi connectivity index (χ0n) is 15.9. The second-order valence-electron chi connectivity index (χ2n) is 6.91. The van der Waals surface area contributed by atoms with Gasteiger partial charge in [0.25, 0.3) is 0 Å². The quantitative estimate of drug-likeness (QED) is 0.456. The SMILES string of the molecule is CC(C)c1ccc(/C=C/C(=O)Nc2nc(-c3ccc4[nH]c(=O)oc4c3)cs2)cc1. The molecule has 4 aromatic rings. The van der Waals surface area contributed by atoms with Crippen LogP contribution in [0.5, 0.6) is 0 Å². The van der Waals surface area contributed by atoms with Crippen LogP contribution in [-0.4, -0.2) is 15.9 Å². The monoisotopic (exact) mass is 405 g/mol. The molecule has 0 atom stereocenters. The minimum atomic E-state index is -0.492. The van der Waals surface area contributed by atoms with Crippen LogP contribution in [0.25, 0.3) is 28.4 Å². The van der Waals surface area contributed by atoms with Gasteiger partial charge in [0.2, 0.25) is 5.91 Å². The van der Waals surface area contributed by atoms with Crippen molar-refractivity contribution < 1.29 is 9.21 Å². The molecule has 1 amide bonds. The van der Waals surface area contributed by atoms with Gasteiger partial charge in [0.1, 0.15) is 0 Å². The summed E-state index contributed by atoms with van der Waals surface area (Å²) in [5, 5.41) is 5.12. The fraction of sp³-hybridized carbons (Fsp3) is 0.136. The van der Waals surface area contributed by atoms with Crippen molar-refractivity contribution in [2.24, 2.45) is 0 Å². The Morgan fingerprint density at radius 3 is 2.76 bits per heavy atom. The number of fused-ring (bicyclic) bond motifs is 1. The number of amides is 1. The van der Waals surface area contributed by atoms with Crippen LogP contribution in [0.15, 0.2) is 63.1 Å². The van der Waals surface area contributed by atoms with E-state index in [0.717, 1.165) is 11.1 Å². The van der Waals surface area contributed by atoms with Crippen LogP contribution >= 0.6 is 11.3 Å². The van der Waals surface area contributed by atoms with E-state index in [0.29, 0.717) is 27.8 Å². The summed E-state index contributed by atoms with van der Waals surface area (Å²) in [6, 6.07) is 13.5. The number of thiazole rings is 1. The molecule has 7 heteroatoms. The Hall–Kier alpha value is -3.45. The number of hydrogen-bond donors (Lipinski definition) is 2. The van der Waals surface area contributed by atoms with Gasteiger partial charge in [0, 0.05) is 17.0 Å². The van der Waals surface area contributed by atoms with Crippen molar-refractivity contribution in [2.45, 2.75) is 19.8 Å². The fourth-order valence-electron chi connectivity index (χ4n) is 2.88. The molecule has 2 aromatic heterocycles. The maximum absolute atomic E-state index is 12.2. The number of carbonyl (C=O) groups is 1. The maximum atomic E-state index is 12.2. The average Bonchev–Trinajstić information content (AvgIpc) is 3.31. The number of benzene rings is 2. The molecule has 0 spiro atoms. The lowest BCUT2D eigenvalue weighted by molar-refractivity contribution is -0.111. The predicted octanol–water partition coefficient (Wildman–Crippen LogP) is 5.02. The molecule has 146 valence electrons. The van der Waals surface area contributed by atoms with Crippen molar-refractivity contribution in [3.63, 3.8) is 0 Å². The van der Waals surface area contributed by atoms with Gasteiger partial charge < -0.3 is 4.42 Å². The predicted molar refractivity (Wildman–Crippen MR) is 116 cm³/mol. The molecule has 0 saturated heterocycles. The standard InChI is InChI=1S/C22H19N3O3S/c1-13(2)15-6-3-14(4-7-15)5-10-20(26)25-21-23-18(12-29-21)16-8-9-17-19(11-16)28-22(27)24-17/h3-13H,1-2H3,(H,24,27)(H,23,25,26)/b10-5+. The van der Waals surface area contributed by atoms with Crippen LogP contribution in [0.4, 0.5) is 5.13 Å². The number of rotatable bonds is 5. The van der Waals surface area contributed by atoms with E-state index in [2.05, 4.69) is 41.3 Å². The van der Waals surface area contributed by atoms with E-state index in [1.165, 1.54) is 23.0 Å². The molecular formula is C22H19N3O3S. The highest BCUT2D eigenvalue weighted by Gasteiger charge is 2.09. The number of carbonyl (C=O) groups excluding carboxylic acids is 1. The molecule has 2 heterocycles. The van der Waals surface area contributed by atoms with Gasteiger partial charge in [-0.1, -0.05) is 44.2 Å². The Balaban J connectivity index is 1.43. The van der Waals surface area contributed by atoms with Gasteiger partial charge >= 0.3 is 5.76 Å². The van der Waals surface area contributed by atoms with Crippen LogP contribution in [0, 0.1) is 0 Å². The molecule has 0 aliphatic carbocycles. The molecule has 0 aliphatic rings. The second kappa shape index (κ2) is 7.89. The molecule has 0 fully saturated rings. The van der Waals surface area contributed by atoms with Crippen molar-refractivity contribution in [1.82, 2.24) is 9.97 Å². The van der Waals surface area contributed by atoms with Crippen LogP contribution in [-0.2, 0) is 4.79 Å². The van der Waals surface area contributed by atoms with Crippen LogP contribution in [0.2, 0.25) is 0 Å². The molecule has 4 rings (SSSR count). The first-order chi connectivity index (χ1) is 14.0. The van der Waals surface area contributed by atoms with Gasteiger partial charge in [0.05, 0.1) is 11.2 Å². The zero-order chi connectivity index (χ0) is 20.4. The van der Waals surface area contributed by atoms with Gasteiger partial charge in [-0.25, -0.2) is 9.78 Å². The van der Waals surface area contributed by atoms with Crippen LogP contribution in [0.1, 0.15) is 30.9 Å². The molecule has 0 radical (unpaired) electrons. The smallest absolute Gasteiger partial charge is 0.408 e. The molecule has 6 nitrogen and oxygen atoms in total. The molecule has 2 aromatic carbocycles. The van der Waals surface area contributed by atoms with E-state index in [1.54, 1.807) is 18.2 Å². The molecular weight excluding hydrogens is 386 g/mol. The summed E-state index contributed by atoms with van der Waals surface area (Å²) in [5.74, 6) is -0.260. The first-order valence-electron chi connectivity index (χ1n) is 9.16. The molecule has 0 unspecified atom stereocenters. The minimum absolute atomic E-state index is 0.245. The Bertz CT molecular complexity index is 1250. The Labute approximate surface area is 170 Å². The van der Waals surface area contributed by atoms with E-state index in [9.17, 15) is 9.59 Å². The summed E-state index contributed by atoms with van der Waals surface area (Å²) in [6.07, 6.45) is 3.27. The van der Waals surface area contributed by atoms with Gasteiger partial charge in [-0.05, 0) is 35.3 Å². The average molecular weight is 405 g/mol. The van der Waals surface area contributed by atoms with E-state index < -0.39 is 5.76 Å². The largest absolute Gasteiger partial charge is 0.417 e. The number of hydrogen-bond acceptors (Lipinski definition) is 5. The van der Waals surface area contributed by atoms with Crippen molar-refractivity contribution in [1.29, 1.82) is 0 Å². The van der Waals surface area contributed by atoms with Crippen molar-refractivity contribution in [3.8, 4) is 11.3 Å². The number of aromatic nitrogens is 2. The Kier molecular flexibility index (Phi) is 5.14. The number of nitrogens with zero attached hydrogens (tertiary/aromatic N) is 1. The lowest BCUT2D eigenvalue weighted by atomic mass is 10.0. The lowest BCUT2D eigenvalue weighted by Crippen LogP contribution is -2.07. The number of oxazole rings is 1.